The summed E-state index contributed by atoms with van der Waals surface area (Å²) in [5.41, 5.74) is 3.09. The summed E-state index contributed by atoms with van der Waals surface area (Å²) in [6.07, 6.45) is 5.74. The van der Waals surface area contributed by atoms with E-state index in [4.69, 9.17) is 0 Å². The molecule has 0 saturated heterocycles. The van der Waals surface area contributed by atoms with E-state index in [1.54, 1.807) is 17.6 Å². The van der Waals surface area contributed by atoms with E-state index >= 15 is 0 Å². The minimum atomic E-state index is -0.838. The normalized spacial score (nSPS) is 10.7. The fourth-order valence-corrected chi connectivity index (χ4v) is 2.36. The van der Waals surface area contributed by atoms with Crippen LogP contribution >= 0.6 is 0 Å². The van der Waals surface area contributed by atoms with E-state index in [0.717, 1.165) is 31.6 Å². The van der Waals surface area contributed by atoms with Crippen molar-refractivity contribution >= 4 is 5.91 Å². The number of unbranched alkanes of at least 4 members (excludes halogenated alkanes) is 2. The summed E-state index contributed by atoms with van der Waals surface area (Å²) in [5, 5.41) is 9.43. The Kier molecular flexibility index (Phi) is 8.90. The zero-order chi connectivity index (χ0) is 17.1. The predicted molar refractivity (Wildman–Crippen MR) is 90.9 cm³/mol. The molecule has 0 aliphatic heterocycles. The number of hydrogen-bond donors (Lipinski definition) is 1. The van der Waals surface area contributed by atoms with Gasteiger partial charge in [-0.15, -0.1) is 0 Å². The van der Waals surface area contributed by atoms with Crippen LogP contribution in [0.4, 0.5) is 0 Å². The number of carbonyl (C=O) groups is 1. The third-order valence-electron chi connectivity index (χ3n) is 3.78. The van der Waals surface area contributed by atoms with Gasteiger partial charge in [0, 0.05) is 12.1 Å². The summed E-state index contributed by atoms with van der Waals surface area (Å²) in [4.78, 5) is 24.3. The van der Waals surface area contributed by atoms with Crippen LogP contribution in [0.15, 0.2) is 24.3 Å². The molecule has 1 N–H and O–H groups in total. The van der Waals surface area contributed by atoms with Gasteiger partial charge < -0.3 is 4.90 Å². The molecule has 6 heteroatoms. The number of nitrogens with one attached hydrogen (secondary N) is 1. The summed E-state index contributed by atoms with van der Waals surface area (Å²) in [5.74, 6) is -0.686. The van der Waals surface area contributed by atoms with Crippen LogP contribution in [0.1, 0.15) is 55.5 Å². The average molecular weight is 321 g/mol. The van der Waals surface area contributed by atoms with E-state index in [2.05, 4.69) is 18.7 Å². The van der Waals surface area contributed by atoms with Gasteiger partial charge in [0.05, 0.1) is 0 Å². The predicted octanol–water partition coefficient (Wildman–Crippen LogP) is 3.05. The van der Waals surface area contributed by atoms with Crippen molar-refractivity contribution in [3.8, 4) is 0 Å². The first kappa shape index (κ1) is 19.1. The summed E-state index contributed by atoms with van der Waals surface area (Å²) in [6.45, 7) is 7.65. The van der Waals surface area contributed by atoms with Crippen molar-refractivity contribution in [1.29, 1.82) is 0 Å². The molecule has 0 heterocycles. The maximum absolute atomic E-state index is 11.5. The van der Waals surface area contributed by atoms with Gasteiger partial charge in [-0.25, -0.2) is 10.1 Å². The molecule has 0 atom stereocenters. The lowest BCUT2D eigenvalue weighted by molar-refractivity contribution is -0.527. The number of benzene rings is 1. The zero-order valence-electron chi connectivity index (χ0n) is 14.1. The Balaban J connectivity index is 2.52. The monoisotopic (exact) mass is 321 g/mol. The Morgan fingerprint density at radius 1 is 1.09 bits per heavy atom. The van der Waals surface area contributed by atoms with E-state index in [0.29, 0.717) is 5.56 Å². The standard InChI is InChI=1S/C17H27N3O3/c1-3-5-12-19(13-6-4-2)14-11-15-7-9-16(10-8-15)17(21)18-20(22)23/h7-10H,3-6,11-14H2,1-2H3,(H,18,21). The topological polar surface area (TPSA) is 75.5 Å². The molecule has 0 aliphatic rings. The van der Waals surface area contributed by atoms with Gasteiger partial charge in [-0.2, -0.15) is 0 Å². The van der Waals surface area contributed by atoms with Crippen LogP contribution in [0.5, 0.6) is 0 Å². The summed E-state index contributed by atoms with van der Waals surface area (Å²) >= 11 is 0. The van der Waals surface area contributed by atoms with Gasteiger partial charge in [0.25, 0.3) is 0 Å². The van der Waals surface area contributed by atoms with Crippen molar-refractivity contribution in [3.63, 3.8) is 0 Å². The molecule has 1 aromatic rings. The highest BCUT2D eigenvalue weighted by Gasteiger charge is 2.10. The largest absolute Gasteiger partial charge is 0.310 e. The molecule has 1 rings (SSSR count). The summed E-state index contributed by atoms with van der Waals surface area (Å²) in [6, 6.07) is 7.01. The maximum atomic E-state index is 11.5. The fourth-order valence-electron chi connectivity index (χ4n) is 2.36. The van der Waals surface area contributed by atoms with Crippen molar-refractivity contribution in [2.75, 3.05) is 19.6 Å². The smallest absolute Gasteiger partial charge is 0.303 e. The van der Waals surface area contributed by atoms with Crippen molar-refractivity contribution in [2.45, 2.75) is 46.0 Å². The van der Waals surface area contributed by atoms with Gasteiger partial charge in [-0.1, -0.05) is 44.2 Å². The quantitative estimate of drug-likeness (QED) is 0.502. The van der Waals surface area contributed by atoms with E-state index in [9.17, 15) is 14.9 Å². The van der Waals surface area contributed by atoms with Gasteiger partial charge in [0.15, 0.2) is 5.03 Å². The molecule has 1 amide bonds. The van der Waals surface area contributed by atoms with Crippen molar-refractivity contribution in [1.82, 2.24) is 10.3 Å². The zero-order valence-corrected chi connectivity index (χ0v) is 14.1. The van der Waals surface area contributed by atoms with E-state index < -0.39 is 10.9 Å². The molecule has 0 spiro atoms. The van der Waals surface area contributed by atoms with Gasteiger partial charge in [0.1, 0.15) is 0 Å². The molecule has 0 aromatic heterocycles. The minimum absolute atomic E-state index is 0.305. The highest BCUT2D eigenvalue weighted by molar-refractivity contribution is 5.93. The molecule has 1 aromatic carbocycles. The second-order valence-electron chi connectivity index (χ2n) is 5.69. The number of carbonyl (C=O) groups excluding carboxylic acids is 1. The Bertz CT molecular complexity index is 480. The SMILES string of the molecule is CCCCN(CCCC)CCc1ccc(C(=O)N[N+](=O)[O-])cc1. The first-order chi connectivity index (χ1) is 11.1. The lowest BCUT2D eigenvalue weighted by Gasteiger charge is -2.21. The minimum Gasteiger partial charge on any atom is -0.303 e. The molecule has 0 radical (unpaired) electrons. The molecular weight excluding hydrogens is 294 g/mol. The second-order valence-corrected chi connectivity index (χ2v) is 5.69. The van der Waals surface area contributed by atoms with Gasteiger partial charge in [-0.05, 0) is 50.0 Å². The Hall–Kier alpha value is -1.95. The highest BCUT2D eigenvalue weighted by atomic mass is 16.7. The van der Waals surface area contributed by atoms with Crippen molar-refractivity contribution in [2.24, 2.45) is 0 Å². The molecule has 0 aliphatic carbocycles. The van der Waals surface area contributed by atoms with Crippen molar-refractivity contribution in [3.05, 3.63) is 45.5 Å². The van der Waals surface area contributed by atoms with Crippen LogP contribution in [0.3, 0.4) is 0 Å². The number of nitrogens with zero attached hydrogens (tertiary/aromatic N) is 2. The third kappa shape index (κ3) is 7.74. The highest BCUT2D eigenvalue weighted by Crippen LogP contribution is 2.07. The Morgan fingerprint density at radius 2 is 1.65 bits per heavy atom. The molecule has 0 fully saturated rings. The lowest BCUT2D eigenvalue weighted by Crippen LogP contribution is -2.29. The fraction of sp³-hybridized carbons (Fsp3) is 0.588. The second kappa shape index (κ2) is 10.7. The number of nitro groups is 1. The molecule has 128 valence electrons. The van der Waals surface area contributed by atoms with Gasteiger partial charge in [0.2, 0.25) is 0 Å². The first-order valence-corrected chi connectivity index (χ1v) is 8.33. The number of amides is 1. The van der Waals surface area contributed by atoms with Crippen LogP contribution in [-0.4, -0.2) is 35.5 Å². The molecule has 6 nitrogen and oxygen atoms in total. The summed E-state index contributed by atoms with van der Waals surface area (Å²) in [7, 11) is 0. The number of rotatable bonds is 11. The van der Waals surface area contributed by atoms with E-state index in [1.807, 2.05) is 12.1 Å². The van der Waals surface area contributed by atoms with Gasteiger partial charge >= 0.3 is 5.91 Å². The van der Waals surface area contributed by atoms with E-state index in [1.165, 1.54) is 25.7 Å². The summed E-state index contributed by atoms with van der Waals surface area (Å²) < 4.78 is 0. The molecule has 0 unspecified atom stereocenters. The Morgan fingerprint density at radius 3 is 2.13 bits per heavy atom. The van der Waals surface area contributed by atoms with Crippen LogP contribution < -0.4 is 5.43 Å². The third-order valence-corrected chi connectivity index (χ3v) is 3.78. The molecule has 23 heavy (non-hydrogen) atoms. The molecule has 0 bridgehead atoms. The van der Waals surface area contributed by atoms with Gasteiger partial charge in [-0.3, -0.25) is 4.79 Å². The van der Waals surface area contributed by atoms with Crippen LogP contribution in [0.2, 0.25) is 0 Å². The van der Waals surface area contributed by atoms with Crippen LogP contribution in [0, 0.1) is 10.1 Å². The maximum Gasteiger partial charge on any atom is 0.310 e. The lowest BCUT2D eigenvalue weighted by atomic mass is 10.1. The van der Waals surface area contributed by atoms with E-state index in [-0.39, 0.29) is 0 Å². The number of hydrazine groups is 1. The first-order valence-electron chi connectivity index (χ1n) is 8.33. The Labute approximate surface area is 138 Å². The average Bonchev–Trinajstić information content (AvgIpc) is 2.54. The molecule has 0 saturated carbocycles. The number of hydrogen-bond acceptors (Lipinski definition) is 4. The van der Waals surface area contributed by atoms with Crippen LogP contribution in [0.25, 0.3) is 0 Å². The van der Waals surface area contributed by atoms with Crippen molar-refractivity contribution < 1.29 is 9.83 Å². The molecular formula is C17H27N3O3. The van der Waals surface area contributed by atoms with Crippen LogP contribution in [-0.2, 0) is 6.42 Å².